The number of halogens is 1. The van der Waals surface area contributed by atoms with Crippen molar-refractivity contribution < 1.29 is 9.53 Å². The van der Waals surface area contributed by atoms with E-state index in [-0.39, 0.29) is 11.9 Å². The van der Waals surface area contributed by atoms with Crippen molar-refractivity contribution in [1.29, 1.82) is 0 Å². The molecule has 0 aliphatic carbocycles. The minimum atomic E-state index is -0.628. The van der Waals surface area contributed by atoms with E-state index in [1.165, 1.54) is 18.5 Å². The maximum atomic E-state index is 12.5. The van der Waals surface area contributed by atoms with Crippen LogP contribution in [0, 0.1) is 5.92 Å². The molecule has 3 atom stereocenters. The van der Waals surface area contributed by atoms with Crippen LogP contribution in [0.4, 0.5) is 5.69 Å². The number of nitrogens with one attached hydrogen (secondary N) is 1. The highest BCUT2D eigenvalue weighted by molar-refractivity contribution is 6.32. The molecule has 0 saturated carbocycles. The molecule has 1 fully saturated rings. The monoisotopic (exact) mass is 400 g/mol. The van der Waals surface area contributed by atoms with Gasteiger partial charge in [-0.3, -0.25) is 4.79 Å². The van der Waals surface area contributed by atoms with Crippen molar-refractivity contribution in [2.24, 2.45) is 5.92 Å². The molecule has 2 aromatic carbocycles. The first-order valence-electron chi connectivity index (χ1n) is 10.0. The zero-order valence-electron chi connectivity index (χ0n) is 16.8. The lowest BCUT2D eigenvalue weighted by Gasteiger charge is -2.33. The second-order valence-corrected chi connectivity index (χ2v) is 8.11. The van der Waals surface area contributed by atoms with E-state index in [1.54, 1.807) is 19.1 Å². The molecule has 3 rings (SSSR count). The number of para-hydroxylation sites is 1. The molecular formula is C23H29ClN2O2. The molecule has 1 amide bonds. The van der Waals surface area contributed by atoms with Gasteiger partial charge in [0.05, 0.1) is 11.1 Å². The van der Waals surface area contributed by atoms with Gasteiger partial charge in [-0.1, -0.05) is 42.8 Å². The molecule has 0 radical (unpaired) electrons. The molecule has 28 heavy (non-hydrogen) atoms. The molecule has 1 aliphatic rings. The maximum absolute atomic E-state index is 12.5. The summed E-state index contributed by atoms with van der Waals surface area (Å²) in [5.74, 6) is 1.09. The van der Waals surface area contributed by atoms with Crippen molar-refractivity contribution in [2.45, 2.75) is 45.8 Å². The van der Waals surface area contributed by atoms with Gasteiger partial charge in [-0.25, -0.2) is 0 Å². The Labute approximate surface area is 172 Å². The van der Waals surface area contributed by atoms with E-state index in [9.17, 15) is 4.79 Å². The van der Waals surface area contributed by atoms with Gasteiger partial charge in [0.25, 0.3) is 5.91 Å². The third-order valence-corrected chi connectivity index (χ3v) is 5.60. The molecular weight excluding hydrogens is 372 g/mol. The van der Waals surface area contributed by atoms with Crippen molar-refractivity contribution in [3.8, 4) is 5.75 Å². The van der Waals surface area contributed by atoms with Gasteiger partial charge in [-0.15, -0.1) is 0 Å². The van der Waals surface area contributed by atoms with E-state index in [4.69, 9.17) is 16.3 Å². The van der Waals surface area contributed by atoms with Gasteiger partial charge in [0.2, 0.25) is 0 Å². The summed E-state index contributed by atoms with van der Waals surface area (Å²) in [5, 5.41) is 3.52. The Bertz CT molecular complexity index is 793. The molecule has 1 N–H and O–H groups in total. The topological polar surface area (TPSA) is 41.6 Å². The Morgan fingerprint density at radius 1 is 1.18 bits per heavy atom. The summed E-state index contributed by atoms with van der Waals surface area (Å²) in [7, 11) is 0. The quantitative estimate of drug-likeness (QED) is 0.722. The molecule has 5 heteroatoms. The fourth-order valence-corrected chi connectivity index (χ4v) is 3.78. The largest absolute Gasteiger partial charge is 0.479 e. The van der Waals surface area contributed by atoms with Crippen molar-refractivity contribution >= 4 is 23.2 Å². The van der Waals surface area contributed by atoms with Gasteiger partial charge in [0.1, 0.15) is 5.75 Å². The van der Waals surface area contributed by atoms with Gasteiger partial charge < -0.3 is 15.0 Å². The molecule has 1 saturated heterocycles. The summed E-state index contributed by atoms with van der Waals surface area (Å²) in [6, 6.07) is 15.6. The molecule has 0 spiro atoms. The zero-order chi connectivity index (χ0) is 20.1. The average molecular weight is 401 g/mol. The predicted molar refractivity (Wildman–Crippen MR) is 115 cm³/mol. The fraction of sp³-hybridized carbons (Fsp3) is 0.435. The van der Waals surface area contributed by atoms with E-state index in [1.807, 2.05) is 19.1 Å². The average Bonchev–Trinajstić information content (AvgIpc) is 2.69. The molecule has 0 aromatic heterocycles. The maximum Gasteiger partial charge on any atom is 0.261 e. The van der Waals surface area contributed by atoms with E-state index < -0.39 is 6.10 Å². The van der Waals surface area contributed by atoms with E-state index in [0.29, 0.717) is 10.8 Å². The highest BCUT2D eigenvalue weighted by Gasteiger charge is 2.20. The van der Waals surface area contributed by atoms with Gasteiger partial charge >= 0.3 is 0 Å². The van der Waals surface area contributed by atoms with Crippen LogP contribution in [-0.2, 0) is 4.79 Å². The zero-order valence-corrected chi connectivity index (χ0v) is 17.6. The normalized spacial score (nSPS) is 19.0. The molecule has 0 unspecified atom stereocenters. The van der Waals surface area contributed by atoms with Crippen LogP contribution >= 0.6 is 11.6 Å². The van der Waals surface area contributed by atoms with E-state index in [2.05, 4.69) is 41.4 Å². The van der Waals surface area contributed by atoms with Crippen molar-refractivity contribution in [3.05, 3.63) is 59.1 Å². The van der Waals surface area contributed by atoms with Gasteiger partial charge in [0, 0.05) is 18.8 Å². The second kappa shape index (κ2) is 9.33. The Morgan fingerprint density at radius 2 is 1.89 bits per heavy atom. The summed E-state index contributed by atoms with van der Waals surface area (Å²) in [4.78, 5) is 15.0. The van der Waals surface area contributed by atoms with Crippen LogP contribution in [0.2, 0.25) is 5.02 Å². The first kappa shape index (κ1) is 20.5. The third kappa shape index (κ3) is 5.20. The summed E-state index contributed by atoms with van der Waals surface area (Å²) >= 11 is 6.10. The number of amides is 1. The summed E-state index contributed by atoms with van der Waals surface area (Å²) in [5.41, 5.74) is 2.33. The fourth-order valence-electron chi connectivity index (χ4n) is 3.60. The molecule has 2 aromatic rings. The second-order valence-electron chi connectivity index (χ2n) is 7.71. The highest BCUT2D eigenvalue weighted by atomic mass is 35.5. The molecule has 150 valence electrons. The van der Waals surface area contributed by atoms with Crippen molar-refractivity contribution in [1.82, 2.24) is 5.32 Å². The van der Waals surface area contributed by atoms with Gasteiger partial charge in [0.15, 0.2) is 6.10 Å². The number of anilines is 1. The lowest BCUT2D eigenvalue weighted by atomic mass is 9.99. The Morgan fingerprint density at radius 3 is 2.57 bits per heavy atom. The SMILES string of the molecule is C[C@@H]1CCCN(c2ccc([C@H](C)NC(=O)[C@H](C)Oc3ccccc3Cl)cc2)C1. The lowest BCUT2D eigenvalue weighted by Crippen LogP contribution is -2.37. The van der Waals surface area contributed by atoms with Crippen LogP contribution in [0.5, 0.6) is 5.75 Å². The standard InChI is InChI=1S/C23H29ClN2O2/c1-16-7-6-14-26(15-16)20-12-10-19(11-13-20)17(2)25-23(27)18(3)28-22-9-5-4-8-21(22)24/h4-5,8-13,16-18H,6-7,14-15H2,1-3H3,(H,25,27)/t16-,17+,18+/m1/s1. The summed E-state index contributed by atoms with van der Waals surface area (Å²) in [6.07, 6.45) is 1.93. The first-order valence-corrected chi connectivity index (χ1v) is 10.4. The van der Waals surface area contributed by atoms with Gasteiger partial charge in [-0.05, 0) is 62.4 Å². The highest BCUT2D eigenvalue weighted by Crippen LogP contribution is 2.26. The first-order chi connectivity index (χ1) is 13.4. The number of ether oxygens (including phenoxy) is 1. The molecule has 4 nitrogen and oxygen atoms in total. The number of benzene rings is 2. The van der Waals surface area contributed by atoms with Gasteiger partial charge in [-0.2, -0.15) is 0 Å². The summed E-state index contributed by atoms with van der Waals surface area (Å²) in [6.45, 7) is 8.25. The van der Waals surface area contributed by atoms with Crippen LogP contribution in [-0.4, -0.2) is 25.1 Å². The van der Waals surface area contributed by atoms with Crippen LogP contribution in [0.3, 0.4) is 0 Å². The predicted octanol–water partition coefficient (Wildman–Crippen LogP) is 5.22. The molecule has 0 bridgehead atoms. The minimum absolute atomic E-state index is 0.0980. The number of hydrogen-bond acceptors (Lipinski definition) is 3. The van der Waals surface area contributed by atoms with Crippen molar-refractivity contribution in [3.63, 3.8) is 0 Å². The van der Waals surface area contributed by atoms with Crippen molar-refractivity contribution in [2.75, 3.05) is 18.0 Å². The Hall–Kier alpha value is -2.20. The smallest absolute Gasteiger partial charge is 0.261 e. The Kier molecular flexibility index (Phi) is 6.84. The van der Waals surface area contributed by atoms with E-state index >= 15 is 0 Å². The molecule has 1 aliphatic heterocycles. The number of rotatable bonds is 6. The Balaban J connectivity index is 1.57. The number of nitrogens with zero attached hydrogens (tertiary/aromatic N) is 1. The number of carbonyl (C=O) groups is 1. The number of hydrogen-bond donors (Lipinski definition) is 1. The summed E-state index contributed by atoms with van der Waals surface area (Å²) < 4.78 is 5.70. The van der Waals surface area contributed by atoms with Crippen LogP contribution in [0.15, 0.2) is 48.5 Å². The molecule has 1 heterocycles. The van der Waals surface area contributed by atoms with Crippen LogP contribution in [0.25, 0.3) is 0 Å². The minimum Gasteiger partial charge on any atom is -0.479 e. The lowest BCUT2D eigenvalue weighted by molar-refractivity contribution is -0.127. The third-order valence-electron chi connectivity index (χ3n) is 5.28. The van der Waals surface area contributed by atoms with E-state index in [0.717, 1.165) is 24.6 Å². The van der Waals surface area contributed by atoms with Crippen LogP contribution in [0.1, 0.15) is 45.2 Å². The number of piperidine rings is 1. The van der Waals surface area contributed by atoms with Crippen LogP contribution < -0.4 is 15.0 Å². The number of carbonyl (C=O) groups excluding carboxylic acids is 1.